The van der Waals surface area contributed by atoms with Crippen LogP contribution in [-0.2, 0) is 17.6 Å². The number of aryl methyl sites for hydroxylation is 1. The van der Waals surface area contributed by atoms with Crippen molar-refractivity contribution >= 4 is 5.97 Å². The Morgan fingerprint density at radius 2 is 1.90 bits per heavy atom. The van der Waals surface area contributed by atoms with Gasteiger partial charge in [0.05, 0.1) is 11.7 Å². The molecule has 1 aliphatic heterocycles. The number of carboxylic acid groups (broad SMARTS) is 1. The number of nitrogens with one attached hydrogen (secondary N) is 1. The molecule has 2 aliphatic rings. The fourth-order valence-corrected chi connectivity index (χ4v) is 4.82. The summed E-state index contributed by atoms with van der Waals surface area (Å²) >= 11 is 0. The minimum atomic E-state index is -0.728. The van der Waals surface area contributed by atoms with Gasteiger partial charge in [-0.25, -0.2) is 14.0 Å². The van der Waals surface area contributed by atoms with Crippen LogP contribution in [0.3, 0.4) is 0 Å². The molecule has 7 heteroatoms. The number of carboxylic acids is 1. The second-order valence-corrected chi connectivity index (χ2v) is 8.42. The number of aromatic nitrogens is 3. The van der Waals surface area contributed by atoms with Crippen LogP contribution in [-0.4, -0.2) is 38.5 Å². The van der Waals surface area contributed by atoms with Gasteiger partial charge in [-0.05, 0) is 94.1 Å². The number of hydrogen-bond donors (Lipinski definition) is 2. The molecule has 1 aliphatic carbocycles. The van der Waals surface area contributed by atoms with E-state index in [0.29, 0.717) is 5.92 Å². The van der Waals surface area contributed by atoms with E-state index in [9.17, 15) is 9.59 Å². The van der Waals surface area contributed by atoms with Gasteiger partial charge in [-0.3, -0.25) is 4.79 Å². The lowest BCUT2D eigenvalue weighted by atomic mass is 9.83. The second-order valence-electron chi connectivity index (χ2n) is 8.42. The van der Waals surface area contributed by atoms with Crippen LogP contribution in [0.1, 0.15) is 61.5 Å². The lowest BCUT2D eigenvalue weighted by Crippen LogP contribution is -2.30. The maximum atomic E-state index is 13.2. The lowest BCUT2D eigenvalue weighted by Gasteiger charge is -2.27. The fraction of sp³-hybridized carbons (Fsp3) is 0.591. The molecule has 7 nitrogen and oxygen atoms in total. The van der Waals surface area contributed by atoms with Crippen LogP contribution in [0.5, 0.6) is 0 Å². The third-order valence-electron chi connectivity index (χ3n) is 6.48. The van der Waals surface area contributed by atoms with Crippen LogP contribution in [0.15, 0.2) is 23.0 Å². The highest BCUT2D eigenvalue weighted by Gasteiger charge is 2.26. The van der Waals surface area contributed by atoms with E-state index in [-0.39, 0.29) is 18.2 Å². The van der Waals surface area contributed by atoms with Crippen LogP contribution in [0.25, 0.3) is 5.69 Å². The molecule has 1 aromatic carbocycles. The molecule has 2 N–H and O–H groups in total. The zero-order valence-corrected chi connectivity index (χ0v) is 17.1. The van der Waals surface area contributed by atoms with Gasteiger partial charge < -0.3 is 10.4 Å². The average molecular weight is 399 g/mol. The molecular formula is C22H30N4O3. The average Bonchev–Trinajstić information content (AvgIpc) is 2.87. The predicted octanol–water partition coefficient (Wildman–Crippen LogP) is 2.63. The summed E-state index contributed by atoms with van der Waals surface area (Å²) in [4.78, 5) is 24.0. The van der Waals surface area contributed by atoms with Gasteiger partial charge in [-0.1, -0.05) is 6.07 Å². The Morgan fingerprint density at radius 3 is 2.62 bits per heavy atom. The van der Waals surface area contributed by atoms with Crippen molar-refractivity contribution in [1.82, 2.24) is 19.7 Å². The van der Waals surface area contributed by atoms with Crippen LogP contribution in [0, 0.1) is 12.8 Å². The Hall–Kier alpha value is -2.41. The maximum Gasteiger partial charge on any atom is 0.350 e. The topological polar surface area (TPSA) is 89.2 Å². The third kappa shape index (κ3) is 4.29. The molecule has 0 saturated heterocycles. The SMILES string of the molecule is Cc1nn([C@H]2CC[C@H](CCC(=O)O)CC2)c(=O)n1-c1ccc2c(c1)CCNCC2. The van der Waals surface area contributed by atoms with Crippen molar-refractivity contribution in [1.29, 1.82) is 0 Å². The number of fused-ring (bicyclic) bond motifs is 1. The molecular weight excluding hydrogens is 368 g/mol. The third-order valence-corrected chi connectivity index (χ3v) is 6.48. The summed E-state index contributed by atoms with van der Waals surface area (Å²) in [6.45, 7) is 3.86. The molecule has 0 spiro atoms. The van der Waals surface area contributed by atoms with Gasteiger partial charge in [0.25, 0.3) is 0 Å². The molecule has 0 radical (unpaired) electrons. The van der Waals surface area contributed by atoms with Crippen molar-refractivity contribution in [2.45, 2.75) is 64.3 Å². The van der Waals surface area contributed by atoms with Gasteiger partial charge in [0.15, 0.2) is 0 Å². The molecule has 0 atom stereocenters. The first-order chi connectivity index (χ1) is 14.0. The molecule has 1 saturated carbocycles. The Bertz CT molecular complexity index is 938. The summed E-state index contributed by atoms with van der Waals surface area (Å²) in [6.07, 6.45) is 6.65. The first-order valence-corrected chi connectivity index (χ1v) is 10.8. The highest BCUT2D eigenvalue weighted by molar-refractivity contribution is 5.66. The molecule has 0 unspecified atom stereocenters. The zero-order valence-electron chi connectivity index (χ0n) is 17.1. The van der Waals surface area contributed by atoms with Gasteiger partial charge in [-0.15, -0.1) is 0 Å². The molecule has 4 rings (SSSR count). The second kappa shape index (κ2) is 8.53. The largest absolute Gasteiger partial charge is 0.481 e. The monoisotopic (exact) mass is 398 g/mol. The number of nitrogens with zero attached hydrogens (tertiary/aromatic N) is 3. The molecule has 0 amide bonds. The molecule has 29 heavy (non-hydrogen) atoms. The van der Waals surface area contributed by atoms with Crippen LogP contribution >= 0.6 is 0 Å². The van der Waals surface area contributed by atoms with Gasteiger partial charge in [-0.2, -0.15) is 5.10 Å². The van der Waals surface area contributed by atoms with E-state index in [0.717, 1.165) is 69.5 Å². The Kier molecular flexibility index (Phi) is 5.85. The first-order valence-electron chi connectivity index (χ1n) is 10.8. The normalized spacial score (nSPS) is 22.1. The van der Waals surface area contributed by atoms with Gasteiger partial charge in [0.1, 0.15) is 5.82 Å². The summed E-state index contributed by atoms with van der Waals surface area (Å²) in [5.41, 5.74) is 3.50. The summed E-state index contributed by atoms with van der Waals surface area (Å²) < 4.78 is 3.39. The van der Waals surface area contributed by atoms with E-state index in [1.165, 1.54) is 11.1 Å². The van der Waals surface area contributed by atoms with E-state index < -0.39 is 5.97 Å². The van der Waals surface area contributed by atoms with Gasteiger partial charge >= 0.3 is 11.7 Å². The smallest absolute Gasteiger partial charge is 0.350 e. The fourth-order valence-electron chi connectivity index (χ4n) is 4.82. The van der Waals surface area contributed by atoms with E-state index in [2.05, 4.69) is 22.5 Å². The van der Waals surface area contributed by atoms with Crippen molar-refractivity contribution in [2.24, 2.45) is 5.92 Å². The molecule has 1 fully saturated rings. The van der Waals surface area contributed by atoms with Crippen LogP contribution in [0.2, 0.25) is 0 Å². The van der Waals surface area contributed by atoms with E-state index in [4.69, 9.17) is 5.11 Å². The standard InChI is InChI=1S/C22H30N4O3/c1-15-24-26(19-6-2-16(3-7-19)4-9-21(27)28)22(29)25(15)20-8-5-17-10-12-23-13-11-18(17)14-20/h5,8,14,16,19,23H,2-4,6-7,9-13H2,1H3,(H,27,28)/t16-,19-. The van der Waals surface area contributed by atoms with Gasteiger partial charge in [0, 0.05) is 6.42 Å². The van der Waals surface area contributed by atoms with Gasteiger partial charge in [0.2, 0.25) is 0 Å². The summed E-state index contributed by atoms with van der Waals surface area (Å²) in [7, 11) is 0. The molecule has 156 valence electrons. The summed E-state index contributed by atoms with van der Waals surface area (Å²) in [5, 5.41) is 16.9. The quantitative estimate of drug-likeness (QED) is 0.808. The van der Waals surface area contributed by atoms with Crippen LogP contribution in [0.4, 0.5) is 0 Å². The van der Waals surface area contributed by atoms with Crippen molar-refractivity contribution < 1.29 is 9.90 Å². The number of carbonyl (C=O) groups is 1. The van der Waals surface area contributed by atoms with Crippen molar-refractivity contribution in [2.75, 3.05) is 13.1 Å². The molecule has 2 heterocycles. The Balaban J connectivity index is 1.53. The molecule has 1 aromatic heterocycles. The van der Waals surface area contributed by atoms with Crippen molar-refractivity contribution in [3.05, 3.63) is 45.6 Å². The van der Waals surface area contributed by atoms with Crippen molar-refractivity contribution in [3.8, 4) is 5.69 Å². The van der Waals surface area contributed by atoms with E-state index in [1.807, 2.05) is 13.0 Å². The minimum Gasteiger partial charge on any atom is -0.481 e. The first kappa shape index (κ1) is 19.9. The predicted molar refractivity (Wildman–Crippen MR) is 111 cm³/mol. The summed E-state index contributed by atoms with van der Waals surface area (Å²) in [5.74, 6) is 0.434. The Morgan fingerprint density at radius 1 is 1.17 bits per heavy atom. The highest BCUT2D eigenvalue weighted by atomic mass is 16.4. The maximum absolute atomic E-state index is 13.2. The number of benzene rings is 1. The minimum absolute atomic E-state index is 0.0665. The molecule has 0 bridgehead atoms. The number of hydrogen-bond acceptors (Lipinski definition) is 4. The van der Waals surface area contributed by atoms with Crippen molar-refractivity contribution in [3.63, 3.8) is 0 Å². The highest BCUT2D eigenvalue weighted by Crippen LogP contribution is 2.33. The lowest BCUT2D eigenvalue weighted by molar-refractivity contribution is -0.137. The number of rotatable bonds is 5. The summed E-state index contributed by atoms with van der Waals surface area (Å²) in [6, 6.07) is 6.43. The zero-order chi connectivity index (χ0) is 20.4. The van der Waals surface area contributed by atoms with E-state index in [1.54, 1.807) is 9.25 Å². The van der Waals surface area contributed by atoms with E-state index >= 15 is 0 Å². The van der Waals surface area contributed by atoms with Crippen LogP contribution < -0.4 is 11.0 Å². The number of aliphatic carboxylic acids is 1. The molecule has 2 aromatic rings. The Labute approximate surface area is 170 Å².